The summed E-state index contributed by atoms with van der Waals surface area (Å²) >= 11 is 0. The zero-order valence-electron chi connectivity index (χ0n) is 18.5. The Morgan fingerprint density at radius 3 is 2.48 bits per heavy atom. The molecule has 0 radical (unpaired) electrons. The number of ether oxygens (including phenoxy) is 1. The molecule has 1 unspecified atom stereocenters. The first-order valence-corrected chi connectivity index (χ1v) is 11.4. The van der Waals surface area contributed by atoms with Gasteiger partial charge in [0.2, 0.25) is 5.95 Å². The van der Waals surface area contributed by atoms with Crippen molar-refractivity contribution in [1.82, 2.24) is 24.3 Å². The lowest BCUT2D eigenvalue weighted by Crippen LogP contribution is -2.37. The van der Waals surface area contributed by atoms with Crippen molar-refractivity contribution in [1.29, 1.82) is 0 Å². The maximum absolute atomic E-state index is 13.4. The molecular formula is C23H32N6O2. The van der Waals surface area contributed by atoms with Crippen molar-refractivity contribution in [2.75, 3.05) is 58.4 Å². The van der Waals surface area contributed by atoms with Gasteiger partial charge in [0, 0.05) is 68.5 Å². The number of likely N-dealkylation sites (N-methyl/N-ethyl adjacent to an activating group) is 1. The largest absolute Gasteiger partial charge is 0.378 e. The van der Waals surface area contributed by atoms with Crippen LogP contribution in [0.2, 0.25) is 0 Å². The molecule has 0 aromatic carbocycles. The number of amides is 1. The Bertz CT molecular complexity index is 915. The molecule has 5 rings (SSSR count). The van der Waals surface area contributed by atoms with Crippen LogP contribution in [0.3, 0.4) is 0 Å². The molecule has 3 fully saturated rings. The molecule has 2 saturated heterocycles. The minimum atomic E-state index is 0.141. The zero-order valence-corrected chi connectivity index (χ0v) is 18.5. The molecule has 1 aliphatic carbocycles. The second-order valence-corrected chi connectivity index (χ2v) is 9.24. The molecule has 2 aliphatic heterocycles. The van der Waals surface area contributed by atoms with Gasteiger partial charge in [0.15, 0.2) is 0 Å². The van der Waals surface area contributed by atoms with E-state index in [0.717, 1.165) is 61.9 Å². The molecular weight excluding hydrogens is 392 g/mol. The standard InChI is InChI=1S/C23H32N6O2/c1-26(2)20-5-6-28(16-20)22(30)21-11-18(15-29(21)14-17-3-4-17)19-12-24-23(25-13-19)27-7-9-31-10-8-27/h11-13,15,17,20H,3-10,14,16H2,1-2H3. The van der Waals surface area contributed by atoms with Gasteiger partial charge in [0.05, 0.1) is 13.2 Å². The van der Waals surface area contributed by atoms with Crippen molar-refractivity contribution in [2.24, 2.45) is 5.92 Å². The second kappa shape index (κ2) is 8.59. The van der Waals surface area contributed by atoms with Crippen molar-refractivity contribution < 1.29 is 9.53 Å². The van der Waals surface area contributed by atoms with E-state index in [4.69, 9.17) is 4.74 Å². The molecule has 4 heterocycles. The van der Waals surface area contributed by atoms with Crippen LogP contribution in [0.4, 0.5) is 5.95 Å². The summed E-state index contributed by atoms with van der Waals surface area (Å²) in [4.78, 5) is 28.9. The van der Waals surface area contributed by atoms with E-state index in [1.807, 2.05) is 23.4 Å². The van der Waals surface area contributed by atoms with E-state index in [1.54, 1.807) is 0 Å². The van der Waals surface area contributed by atoms with E-state index in [2.05, 4.69) is 44.6 Å². The first-order valence-electron chi connectivity index (χ1n) is 11.4. The van der Waals surface area contributed by atoms with Crippen LogP contribution in [-0.2, 0) is 11.3 Å². The molecule has 0 bridgehead atoms. The van der Waals surface area contributed by atoms with Gasteiger partial charge >= 0.3 is 0 Å². The highest BCUT2D eigenvalue weighted by Gasteiger charge is 2.31. The van der Waals surface area contributed by atoms with E-state index in [1.165, 1.54) is 12.8 Å². The van der Waals surface area contributed by atoms with Gasteiger partial charge in [-0.05, 0) is 45.3 Å². The van der Waals surface area contributed by atoms with Crippen molar-refractivity contribution >= 4 is 11.9 Å². The molecule has 31 heavy (non-hydrogen) atoms. The van der Waals surface area contributed by atoms with Crippen molar-refractivity contribution in [3.63, 3.8) is 0 Å². The van der Waals surface area contributed by atoms with Gasteiger partial charge in [-0.15, -0.1) is 0 Å². The maximum atomic E-state index is 13.4. The third kappa shape index (κ3) is 4.45. The summed E-state index contributed by atoms with van der Waals surface area (Å²) in [7, 11) is 4.18. The Morgan fingerprint density at radius 1 is 1.10 bits per heavy atom. The van der Waals surface area contributed by atoms with E-state index >= 15 is 0 Å². The van der Waals surface area contributed by atoms with Crippen molar-refractivity contribution in [3.8, 4) is 11.1 Å². The number of hydrogen-bond acceptors (Lipinski definition) is 6. The van der Waals surface area contributed by atoms with Gasteiger partial charge in [0.25, 0.3) is 5.91 Å². The smallest absolute Gasteiger partial charge is 0.270 e. The van der Waals surface area contributed by atoms with E-state index in [9.17, 15) is 4.79 Å². The van der Waals surface area contributed by atoms with Gasteiger partial charge in [-0.25, -0.2) is 9.97 Å². The van der Waals surface area contributed by atoms with Crippen molar-refractivity contribution in [3.05, 3.63) is 30.4 Å². The monoisotopic (exact) mass is 424 g/mol. The van der Waals surface area contributed by atoms with Crippen LogP contribution in [0.25, 0.3) is 11.1 Å². The maximum Gasteiger partial charge on any atom is 0.270 e. The molecule has 0 N–H and O–H groups in total. The second-order valence-electron chi connectivity index (χ2n) is 9.24. The Hall–Kier alpha value is -2.45. The van der Waals surface area contributed by atoms with E-state index < -0.39 is 0 Å². The van der Waals surface area contributed by atoms with Gasteiger partial charge in [-0.1, -0.05) is 0 Å². The highest BCUT2D eigenvalue weighted by Crippen LogP contribution is 2.33. The predicted molar refractivity (Wildman–Crippen MR) is 119 cm³/mol. The molecule has 2 aromatic heterocycles. The molecule has 2 aromatic rings. The minimum Gasteiger partial charge on any atom is -0.378 e. The predicted octanol–water partition coefficient (Wildman–Crippen LogP) is 1.97. The number of morpholine rings is 1. The van der Waals surface area contributed by atoms with E-state index in [-0.39, 0.29) is 5.91 Å². The Kier molecular flexibility index (Phi) is 5.67. The van der Waals surface area contributed by atoms with Crippen LogP contribution >= 0.6 is 0 Å². The minimum absolute atomic E-state index is 0.141. The molecule has 1 atom stereocenters. The van der Waals surface area contributed by atoms with Gasteiger partial charge < -0.3 is 24.0 Å². The van der Waals surface area contributed by atoms with Crippen LogP contribution in [0.1, 0.15) is 29.8 Å². The lowest BCUT2D eigenvalue weighted by molar-refractivity contribution is 0.0772. The summed E-state index contributed by atoms with van der Waals surface area (Å²) in [6, 6.07) is 2.47. The van der Waals surface area contributed by atoms with Crippen LogP contribution in [-0.4, -0.2) is 89.8 Å². The summed E-state index contributed by atoms with van der Waals surface area (Å²) in [6.07, 6.45) is 9.40. The summed E-state index contributed by atoms with van der Waals surface area (Å²) < 4.78 is 7.57. The summed E-state index contributed by atoms with van der Waals surface area (Å²) in [5.41, 5.74) is 2.76. The quantitative estimate of drug-likeness (QED) is 0.706. The Balaban J connectivity index is 1.37. The summed E-state index contributed by atoms with van der Waals surface area (Å²) in [5.74, 6) is 1.58. The highest BCUT2D eigenvalue weighted by molar-refractivity contribution is 5.94. The number of nitrogens with zero attached hydrogens (tertiary/aromatic N) is 6. The average molecular weight is 425 g/mol. The molecule has 3 aliphatic rings. The fourth-order valence-corrected chi connectivity index (χ4v) is 4.48. The van der Waals surface area contributed by atoms with Crippen LogP contribution in [0.5, 0.6) is 0 Å². The Labute approximate surface area is 183 Å². The number of carbonyl (C=O) groups is 1. The van der Waals surface area contributed by atoms with Gasteiger partial charge in [0.1, 0.15) is 5.69 Å². The SMILES string of the molecule is CN(C)C1CCN(C(=O)c2cc(-c3cnc(N4CCOCC4)nc3)cn2CC2CC2)C1. The molecule has 166 valence electrons. The van der Waals surface area contributed by atoms with Gasteiger partial charge in [-0.2, -0.15) is 0 Å². The molecule has 0 spiro atoms. The average Bonchev–Trinajstić information content (AvgIpc) is 3.30. The zero-order chi connectivity index (χ0) is 21.4. The first kappa shape index (κ1) is 20.5. The van der Waals surface area contributed by atoms with E-state index in [0.29, 0.717) is 25.2 Å². The third-order valence-electron chi connectivity index (χ3n) is 6.71. The number of likely N-dealkylation sites (tertiary alicyclic amines) is 1. The van der Waals surface area contributed by atoms with Crippen LogP contribution in [0, 0.1) is 5.92 Å². The molecule has 1 saturated carbocycles. The number of anilines is 1. The molecule has 8 nitrogen and oxygen atoms in total. The van der Waals surface area contributed by atoms with Crippen LogP contribution in [0.15, 0.2) is 24.7 Å². The fourth-order valence-electron chi connectivity index (χ4n) is 4.48. The van der Waals surface area contributed by atoms with Crippen molar-refractivity contribution in [2.45, 2.75) is 31.8 Å². The number of rotatable bonds is 6. The fraction of sp³-hybridized carbons (Fsp3) is 0.609. The lowest BCUT2D eigenvalue weighted by atomic mass is 10.2. The molecule has 8 heteroatoms. The Morgan fingerprint density at radius 2 is 1.84 bits per heavy atom. The summed E-state index contributed by atoms with van der Waals surface area (Å²) in [6.45, 7) is 5.60. The number of hydrogen-bond donors (Lipinski definition) is 0. The lowest BCUT2D eigenvalue weighted by Gasteiger charge is -2.26. The number of aromatic nitrogens is 3. The molecule has 1 amide bonds. The van der Waals surface area contributed by atoms with Gasteiger partial charge in [-0.3, -0.25) is 4.79 Å². The summed E-state index contributed by atoms with van der Waals surface area (Å²) in [5, 5.41) is 0. The highest BCUT2D eigenvalue weighted by atomic mass is 16.5. The third-order valence-corrected chi connectivity index (χ3v) is 6.71. The topological polar surface area (TPSA) is 66.7 Å². The van der Waals surface area contributed by atoms with Crippen LogP contribution < -0.4 is 4.90 Å². The number of carbonyl (C=O) groups excluding carboxylic acids is 1. The first-order chi connectivity index (χ1) is 15.1. The normalized spacial score (nSPS) is 21.8.